The van der Waals surface area contributed by atoms with E-state index >= 15 is 0 Å². The van der Waals surface area contributed by atoms with Gasteiger partial charge in [0.1, 0.15) is 12.1 Å². The van der Waals surface area contributed by atoms with E-state index in [-0.39, 0.29) is 29.9 Å². The van der Waals surface area contributed by atoms with Crippen LogP contribution in [-0.4, -0.2) is 49.8 Å². The third-order valence-electron chi connectivity index (χ3n) is 4.86. The van der Waals surface area contributed by atoms with Gasteiger partial charge < -0.3 is 14.8 Å². The smallest absolute Gasteiger partial charge is 0.326 e. The number of carbonyl (C=O) groups excluding carboxylic acids is 2. The van der Waals surface area contributed by atoms with E-state index in [9.17, 15) is 9.59 Å². The van der Waals surface area contributed by atoms with Gasteiger partial charge in [0.25, 0.3) is 0 Å². The van der Waals surface area contributed by atoms with Gasteiger partial charge in [-0.2, -0.15) is 0 Å². The lowest BCUT2D eigenvalue weighted by atomic mass is 9.56. The summed E-state index contributed by atoms with van der Waals surface area (Å²) in [6.45, 7) is 6.76. The first-order valence-corrected chi connectivity index (χ1v) is 8.12. The standard InChI is InChI=1S/C16H28N2O4/c1-10(2)18-16(15(20)21-4)8-12-5-6-17-13(7-14(12)16)9-22-11(3)19/h10,12-14,17-18H,5-9H2,1-4H3. The summed E-state index contributed by atoms with van der Waals surface area (Å²) in [4.78, 5) is 23.4. The van der Waals surface area contributed by atoms with Gasteiger partial charge >= 0.3 is 11.9 Å². The van der Waals surface area contributed by atoms with Gasteiger partial charge in [-0.15, -0.1) is 0 Å². The van der Waals surface area contributed by atoms with Crippen molar-refractivity contribution in [3.05, 3.63) is 0 Å². The van der Waals surface area contributed by atoms with E-state index in [0.29, 0.717) is 12.5 Å². The predicted molar refractivity (Wildman–Crippen MR) is 82.3 cm³/mol. The largest absolute Gasteiger partial charge is 0.468 e. The van der Waals surface area contributed by atoms with Crippen LogP contribution in [0.1, 0.15) is 40.0 Å². The molecular formula is C16H28N2O4. The van der Waals surface area contributed by atoms with Crippen LogP contribution < -0.4 is 10.6 Å². The van der Waals surface area contributed by atoms with Crippen LogP contribution >= 0.6 is 0 Å². The maximum Gasteiger partial charge on any atom is 0.326 e. The molecule has 4 atom stereocenters. The molecule has 2 N–H and O–H groups in total. The molecule has 0 aromatic carbocycles. The van der Waals surface area contributed by atoms with E-state index < -0.39 is 5.54 Å². The molecule has 0 aromatic heterocycles. The lowest BCUT2D eigenvalue weighted by Crippen LogP contribution is -2.69. The Kier molecular flexibility index (Phi) is 5.45. The molecule has 126 valence electrons. The van der Waals surface area contributed by atoms with Crippen molar-refractivity contribution in [1.82, 2.24) is 10.6 Å². The maximum atomic E-state index is 12.4. The Hall–Kier alpha value is -1.14. The molecule has 1 saturated heterocycles. The Morgan fingerprint density at radius 2 is 2.14 bits per heavy atom. The first-order chi connectivity index (χ1) is 10.4. The lowest BCUT2D eigenvalue weighted by Gasteiger charge is -2.54. The Morgan fingerprint density at radius 3 is 2.73 bits per heavy atom. The van der Waals surface area contributed by atoms with Gasteiger partial charge in [0.2, 0.25) is 0 Å². The lowest BCUT2D eigenvalue weighted by molar-refractivity contribution is -0.164. The minimum atomic E-state index is -0.589. The molecule has 0 aromatic rings. The van der Waals surface area contributed by atoms with Crippen molar-refractivity contribution in [1.29, 1.82) is 0 Å². The highest BCUT2D eigenvalue weighted by Gasteiger charge is 2.60. The molecule has 1 heterocycles. The van der Waals surface area contributed by atoms with Crippen molar-refractivity contribution in [3.8, 4) is 0 Å². The molecule has 6 nitrogen and oxygen atoms in total. The molecule has 2 aliphatic rings. The third kappa shape index (κ3) is 3.43. The number of ether oxygens (including phenoxy) is 2. The molecule has 0 spiro atoms. The van der Waals surface area contributed by atoms with Gasteiger partial charge in [-0.1, -0.05) is 0 Å². The number of rotatable bonds is 5. The summed E-state index contributed by atoms with van der Waals surface area (Å²) in [6.07, 6.45) is 2.68. The highest BCUT2D eigenvalue weighted by atomic mass is 16.5. The van der Waals surface area contributed by atoms with E-state index in [2.05, 4.69) is 10.6 Å². The second-order valence-corrected chi connectivity index (χ2v) is 6.81. The molecule has 22 heavy (non-hydrogen) atoms. The highest BCUT2D eigenvalue weighted by molar-refractivity contribution is 5.83. The zero-order valence-electron chi connectivity index (χ0n) is 14.0. The summed E-state index contributed by atoms with van der Waals surface area (Å²) < 4.78 is 10.2. The number of methoxy groups -OCH3 is 1. The second kappa shape index (κ2) is 6.96. The zero-order chi connectivity index (χ0) is 16.3. The topological polar surface area (TPSA) is 76.7 Å². The fraction of sp³-hybridized carbons (Fsp3) is 0.875. The Morgan fingerprint density at radius 1 is 1.41 bits per heavy atom. The maximum absolute atomic E-state index is 12.4. The van der Waals surface area contributed by atoms with Crippen molar-refractivity contribution in [2.45, 2.75) is 57.7 Å². The van der Waals surface area contributed by atoms with Crippen LogP contribution in [0.2, 0.25) is 0 Å². The van der Waals surface area contributed by atoms with Gasteiger partial charge in [0.05, 0.1) is 7.11 Å². The summed E-state index contributed by atoms with van der Waals surface area (Å²) in [5, 5.41) is 6.87. The number of hydrogen-bond acceptors (Lipinski definition) is 6. The minimum Gasteiger partial charge on any atom is -0.468 e. The Balaban J connectivity index is 2.11. The predicted octanol–water partition coefficient (Wildman–Crippen LogP) is 0.847. The monoisotopic (exact) mass is 312 g/mol. The average Bonchev–Trinajstić information content (AvgIpc) is 2.61. The average molecular weight is 312 g/mol. The molecule has 2 rings (SSSR count). The normalized spacial score (nSPS) is 34.3. The van der Waals surface area contributed by atoms with E-state index in [1.165, 1.54) is 14.0 Å². The molecule has 6 heteroatoms. The van der Waals surface area contributed by atoms with Gasteiger partial charge in [-0.25, -0.2) is 0 Å². The molecule has 2 fully saturated rings. The van der Waals surface area contributed by atoms with Crippen LogP contribution in [0.3, 0.4) is 0 Å². The summed E-state index contributed by atoms with van der Waals surface area (Å²) >= 11 is 0. The molecule has 0 radical (unpaired) electrons. The summed E-state index contributed by atoms with van der Waals surface area (Å²) in [5.41, 5.74) is -0.589. The van der Waals surface area contributed by atoms with Crippen LogP contribution in [0, 0.1) is 11.8 Å². The molecule has 1 aliphatic heterocycles. The number of fused-ring (bicyclic) bond motifs is 1. The molecular weight excluding hydrogens is 284 g/mol. The highest BCUT2D eigenvalue weighted by Crippen LogP contribution is 2.50. The van der Waals surface area contributed by atoms with Crippen LogP contribution in [0.4, 0.5) is 0 Å². The number of carbonyl (C=O) groups is 2. The first-order valence-electron chi connectivity index (χ1n) is 8.12. The summed E-state index contributed by atoms with van der Waals surface area (Å²) in [5.74, 6) is 0.296. The number of hydrogen-bond donors (Lipinski definition) is 2. The van der Waals surface area contributed by atoms with Crippen LogP contribution in [-0.2, 0) is 19.1 Å². The first kappa shape index (κ1) is 17.2. The molecule has 0 bridgehead atoms. The van der Waals surface area contributed by atoms with Crippen molar-refractivity contribution in [3.63, 3.8) is 0 Å². The quantitative estimate of drug-likeness (QED) is 0.733. The van der Waals surface area contributed by atoms with Gasteiger partial charge in [0, 0.05) is 19.0 Å². The van der Waals surface area contributed by atoms with Crippen molar-refractivity contribution >= 4 is 11.9 Å². The van der Waals surface area contributed by atoms with Gasteiger partial charge in [-0.05, 0) is 51.5 Å². The van der Waals surface area contributed by atoms with E-state index in [0.717, 1.165) is 25.8 Å². The van der Waals surface area contributed by atoms with Crippen molar-refractivity contribution < 1.29 is 19.1 Å². The molecule has 0 amide bonds. The van der Waals surface area contributed by atoms with Crippen LogP contribution in [0.25, 0.3) is 0 Å². The van der Waals surface area contributed by atoms with Crippen LogP contribution in [0.5, 0.6) is 0 Å². The molecule has 4 unspecified atom stereocenters. The van der Waals surface area contributed by atoms with Crippen LogP contribution in [0.15, 0.2) is 0 Å². The molecule has 1 saturated carbocycles. The van der Waals surface area contributed by atoms with Crippen molar-refractivity contribution in [2.24, 2.45) is 11.8 Å². The third-order valence-corrected chi connectivity index (χ3v) is 4.86. The number of esters is 2. The van der Waals surface area contributed by atoms with Gasteiger partial charge in [0.15, 0.2) is 0 Å². The number of nitrogens with one attached hydrogen (secondary N) is 2. The van der Waals surface area contributed by atoms with E-state index in [1.54, 1.807) is 0 Å². The Labute approximate surface area is 132 Å². The zero-order valence-corrected chi connectivity index (χ0v) is 14.0. The Bertz CT molecular complexity index is 426. The van der Waals surface area contributed by atoms with Gasteiger partial charge in [-0.3, -0.25) is 14.9 Å². The van der Waals surface area contributed by atoms with E-state index in [4.69, 9.17) is 9.47 Å². The van der Waals surface area contributed by atoms with E-state index in [1.807, 2.05) is 13.8 Å². The molecule has 1 aliphatic carbocycles. The summed E-state index contributed by atoms with van der Waals surface area (Å²) in [7, 11) is 1.45. The second-order valence-electron chi connectivity index (χ2n) is 6.81. The minimum absolute atomic E-state index is 0.0946. The summed E-state index contributed by atoms with van der Waals surface area (Å²) in [6, 6.07) is 0.306. The van der Waals surface area contributed by atoms with Crippen molar-refractivity contribution in [2.75, 3.05) is 20.3 Å². The SMILES string of the molecule is COC(=O)C1(NC(C)C)CC2CCNC(COC(C)=O)CC21. The fourth-order valence-corrected chi connectivity index (χ4v) is 4.01. The fourth-order valence-electron chi connectivity index (χ4n) is 4.01.